The molecule has 2 heteroatoms. The topological polar surface area (TPSA) is 16.4 Å². The number of hydrogen-bond donors (Lipinski definition) is 0. The van der Waals surface area contributed by atoms with Gasteiger partial charge >= 0.3 is 0 Å². The van der Waals surface area contributed by atoms with E-state index in [0.29, 0.717) is 0 Å². The summed E-state index contributed by atoms with van der Waals surface area (Å²) in [5.41, 5.74) is 18.0. The van der Waals surface area contributed by atoms with Gasteiger partial charge in [0.15, 0.2) is 0 Å². The van der Waals surface area contributed by atoms with E-state index in [4.69, 9.17) is 4.42 Å². The molecule has 2 unspecified atom stereocenters. The summed E-state index contributed by atoms with van der Waals surface area (Å²) in [6.07, 6.45) is 15.8. The van der Waals surface area contributed by atoms with E-state index < -0.39 is 5.41 Å². The molecule has 65 heavy (non-hydrogen) atoms. The van der Waals surface area contributed by atoms with Gasteiger partial charge < -0.3 is 9.32 Å². The van der Waals surface area contributed by atoms with E-state index in [-0.39, 0.29) is 5.92 Å². The summed E-state index contributed by atoms with van der Waals surface area (Å²) in [6, 6.07) is 69.7. The predicted octanol–water partition coefficient (Wildman–Crippen LogP) is 16.7. The van der Waals surface area contributed by atoms with Crippen LogP contribution in [0.3, 0.4) is 0 Å². The standard InChI is InChI=1S/C63H45NO/c1-2-3-22-47-35-46-19-7-11-28-57(46)63(47)58-29-12-9-26-53(58)54-33-32-49(40-59(54)63)64(48-23-14-21-44(36-48)51-27-15-20-41-16-6-8-24-50(41)51)60-30-13-10-25-52(60)45-31-34-61-55(38-45)56-37-42-17-4-5-18-43(42)39-62(56)65-61/h2-20,22-34,36-40,44H,21,35H2,1H3/b3-2-,47-22+. The number of allylic oxidation sites excluding steroid dienone is 7. The van der Waals surface area contributed by atoms with Crippen molar-refractivity contribution in [1.82, 2.24) is 0 Å². The molecule has 0 bridgehead atoms. The number of para-hydroxylation sites is 1. The quantitative estimate of drug-likeness (QED) is 0.166. The van der Waals surface area contributed by atoms with Gasteiger partial charge in [-0.2, -0.15) is 0 Å². The fraction of sp³-hybridized carbons (Fsp3) is 0.0794. The van der Waals surface area contributed by atoms with Crippen molar-refractivity contribution < 1.29 is 4.42 Å². The van der Waals surface area contributed by atoms with Crippen molar-refractivity contribution >= 4 is 54.9 Å². The van der Waals surface area contributed by atoms with Gasteiger partial charge in [0.1, 0.15) is 11.2 Å². The fourth-order valence-electron chi connectivity index (χ4n) is 11.6. The summed E-state index contributed by atoms with van der Waals surface area (Å²) >= 11 is 0. The number of nitrogens with zero attached hydrogens (tertiary/aromatic N) is 1. The van der Waals surface area contributed by atoms with Gasteiger partial charge in [0.2, 0.25) is 0 Å². The van der Waals surface area contributed by atoms with Gasteiger partial charge in [-0.3, -0.25) is 0 Å². The van der Waals surface area contributed by atoms with Gasteiger partial charge in [-0.15, -0.1) is 0 Å². The molecule has 308 valence electrons. The van der Waals surface area contributed by atoms with Crippen molar-refractivity contribution in [3.63, 3.8) is 0 Å². The van der Waals surface area contributed by atoms with E-state index in [0.717, 1.165) is 63.0 Å². The van der Waals surface area contributed by atoms with Crippen LogP contribution in [0.2, 0.25) is 0 Å². The first-order chi connectivity index (χ1) is 32.2. The molecule has 0 N–H and O–H groups in total. The number of anilines is 2. The molecule has 0 fully saturated rings. The van der Waals surface area contributed by atoms with Crippen molar-refractivity contribution in [3.05, 3.63) is 264 Å². The zero-order chi connectivity index (χ0) is 43.1. The highest BCUT2D eigenvalue weighted by Crippen LogP contribution is 2.61. The largest absolute Gasteiger partial charge is 0.456 e. The van der Waals surface area contributed by atoms with Crippen LogP contribution >= 0.6 is 0 Å². The Kier molecular flexibility index (Phi) is 8.58. The number of hydrogen-bond acceptors (Lipinski definition) is 2. The molecule has 0 saturated carbocycles. The Labute approximate surface area is 379 Å². The zero-order valence-electron chi connectivity index (χ0n) is 36.2. The van der Waals surface area contributed by atoms with Crippen LogP contribution in [0.25, 0.3) is 65.7 Å². The third-order valence-corrected chi connectivity index (χ3v) is 14.4. The maximum atomic E-state index is 6.51. The van der Waals surface area contributed by atoms with E-state index in [9.17, 15) is 0 Å². The summed E-state index contributed by atoms with van der Waals surface area (Å²) in [4.78, 5) is 2.53. The lowest BCUT2D eigenvalue weighted by molar-refractivity contribution is 0.669. The molecule has 0 amide bonds. The average Bonchev–Trinajstić information content (AvgIpc) is 3.99. The Morgan fingerprint density at radius 2 is 1.29 bits per heavy atom. The molecule has 2 nitrogen and oxygen atoms in total. The Morgan fingerprint density at radius 3 is 2.18 bits per heavy atom. The maximum Gasteiger partial charge on any atom is 0.136 e. The summed E-state index contributed by atoms with van der Waals surface area (Å²) in [7, 11) is 0. The molecule has 13 rings (SSSR count). The van der Waals surface area contributed by atoms with Crippen LogP contribution < -0.4 is 4.90 Å². The van der Waals surface area contributed by atoms with Crippen LogP contribution in [0.1, 0.15) is 47.1 Å². The van der Waals surface area contributed by atoms with Crippen LogP contribution in [-0.2, 0) is 11.8 Å². The molecular weight excluding hydrogens is 787 g/mol. The van der Waals surface area contributed by atoms with Crippen LogP contribution in [0.4, 0.5) is 11.4 Å². The first-order valence-electron chi connectivity index (χ1n) is 22.9. The third kappa shape index (κ3) is 5.73. The van der Waals surface area contributed by atoms with E-state index in [1.54, 1.807) is 0 Å². The molecule has 2 atom stereocenters. The van der Waals surface area contributed by atoms with Crippen LogP contribution in [0.5, 0.6) is 0 Å². The molecule has 0 saturated heterocycles. The van der Waals surface area contributed by atoms with E-state index >= 15 is 0 Å². The minimum absolute atomic E-state index is 0.196. The van der Waals surface area contributed by atoms with Gasteiger partial charge in [0, 0.05) is 33.6 Å². The molecular formula is C63H45NO. The van der Waals surface area contributed by atoms with Gasteiger partial charge in [0.25, 0.3) is 0 Å². The highest BCUT2D eigenvalue weighted by atomic mass is 16.3. The number of fused-ring (bicyclic) bond motifs is 12. The second-order valence-corrected chi connectivity index (χ2v) is 17.8. The second-order valence-electron chi connectivity index (χ2n) is 17.8. The van der Waals surface area contributed by atoms with Crippen molar-refractivity contribution in [2.45, 2.75) is 31.1 Å². The first-order valence-corrected chi connectivity index (χ1v) is 22.9. The van der Waals surface area contributed by atoms with Crippen LogP contribution in [0.15, 0.2) is 240 Å². The molecule has 9 aromatic carbocycles. The summed E-state index contributed by atoms with van der Waals surface area (Å²) < 4.78 is 6.51. The zero-order valence-corrected chi connectivity index (χ0v) is 36.2. The first kappa shape index (κ1) is 37.6. The van der Waals surface area contributed by atoms with Gasteiger partial charge in [-0.05, 0) is 140 Å². The Hall–Kier alpha value is -7.94. The highest BCUT2D eigenvalue weighted by Gasteiger charge is 2.51. The summed E-state index contributed by atoms with van der Waals surface area (Å²) in [6.45, 7) is 2.11. The van der Waals surface area contributed by atoms with E-state index in [2.05, 4.69) is 236 Å². The predicted molar refractivity (Wildman–Crippen MR) is 272 cm³/mol. The monoisotopic (exact) mass is 831 g/mol. The van der Waals surface area contributed by atoms with Crippen molar-refractivity contribution in [2.24, 2.45) is 0 Å². The fourth-order valence-corrected chi connectivity index (χ4v) is 11.6. The summed E-state index contributed by atoms with van der Waals surface area (Å²) in [5.74, 6) is 0.196. The van der Waals surface area contributed by atoms with Crippen LogP contribution in [0, 0.1) is 0 Å². The molecule has 3 aliphatic carbocycles. The van der Waals surface area contributed by atoms with Gasteiger partial charge in [-0.25, -0.2) is 0 Å². The van der Waals surface area contributed by atoms with Gasteiger partial charge in [-0.1, -0.05) is 176 Å². The normalized spacial score (nSPS) is 18.0. The molecule has 0 aliphatic heterocycles. The van der Waals surface area contributed by atoms with Crippen molar-refractivity contribution in [1.29, 1.82) is 0 Å². The number of furan rings is 1. The number of rotatable bonds is 6. The molecule has 10 aromatic rings. The lowest BCUT2D eigenvalue weighted by Gasteiger charge is -2.34. The molecule has 1 aromatic heterocycles. The minimum Gasteiger partial charge on any atom is -0.456 e. The molecule has 3 aliphatic rings. The van der Waals surface area contributed by atoms with Gasteiger partial charge in [0.05, 0.1) is 11.1 Å². The summed E-state index contributed by atoms with van der Waals surface area (Å²) in [5, 5.41) is 7.22. The van der Waals surface area contributed by atoms with E-state index in [1.807, 2.05) is 0 Å². The Bertz CT molecular complexity index is 3700. The molecule has 0 radical (unpaired) electrons. The Balaban J connectivity index is 1.05. The minimum atomic E-state index is -0.414. The maximum absolute atomic E-state index is 6.51. The highest BCUT2D eigenvalue weighted by molar-refractivity contribution is 6.11. The Morgan fingerprint density at radius 1 is 0.569 bits per heavy atom. The molecule has 1 spiro atoms. The lowest BCUT2D eigenvalue weighted by atomic mass is 9.70. The number of benzene rings is 9. The van der Waals surface area contributed by atoms with E-state index in [1.165, 1.54) is 66.1 Å². The van der Waals surface area contributed by atoms with Crippen LogP contribution in [-0.4, -0.2) is 0 Å². The van der Waals surface area contributed by atoms with Crippen molar-refractivity contribution in [3.8, 4) is 22.3 Å². The molecule has 1 heterocycles. The third-order valence-electron chi connectivity index (χ3n) is 14.4. The lowest BCUT2D eigenvalue weighted by Crippen LogP contribution is -2.27. The SMILES string of the molecule is C/C=C\C=C1/Cc2ccccc2C12c1ccccc1-c1ccc(N(C3=CC(c4cccc5ccccc45)CC=C3)c3ccccc3-c3ccc4oc5cc6ccccc6cc5c4c3)cc12. The average molecular weight is 832 g/mol. The smallest absolute Gasteiger partial charge is 0.136 e. The second kappa shape index (κ2) is 14.8. The van der Waals surface area contributed by atoms with Crippen molar-refractivity contribution in [2.75, 3.05) is 4.90 Å².